The molecular weight excluding hydrogens is 248 g/mol. The Kier molecular flexibility index (Phi) is 5.63. The summed E-state index contributed by atoms with van der Waals surface area (Å²) in [5.74, 6) is 0.167. The molecule has 0 bridgehead atoms. The van der Waals surface area contributed by atoms with E-state index >= 15 is 0 Å². The van der Waals surface area contributed by atoms with Gasteiger partial charge in [-0.1, -0.05) is 30.3 Å². The predicted octanol–water partition coefficient (Wildman–Crippen LogP) is 2.21. The number of hydrogen-bond acceptors (Lipinski definition) is 2. The van der Waals surface area contributed by atoms with Crippen LogP contribution in [0.1, 0.15) is 25.3 Å². The van der Waals surface area contributed by atoms with E-state index in [0.717, 1.165) is 0 Å². The van der Waals surface area contributed by atoms with E-state index in [1.807, 2.05) is 44.3 Å². The van der Waals surface area contributed by atoms with E-state index in [9.17, 15) is 4.79 Å². The van der Waals surface area contributed by atoms with Crippen LogP contribution in [-0.4, -0.2) is 29.9 Å². The Hall–Kier alpha value is -1.06. The van der Waals surface area contributed by atoms with Crippen LogP contribution in [0.2, 0.25) is 0 Å². The van der Waals surface area contributed by atoms with Crippen molar-refractivity contribution in [1.82, 2.24) is 10.2 Å². The van der Waals surface area contributed by atoms with Crippen molar-refractivity contribution in [2.75, 3.05) is 7.05 Å². The van der Waals surface area contributed by atoms with Gasteiger partial charge in [-0.3, -0.25) is 4.79 Å². The second kappa shape index (κ2) is 6.76. The lowest BCUT2D eigenvalue weighted by Gasteiger charge is -2.22. The fourth-order valence-corrected chi connectivity index (χ4v) is 1.94. The van der Waals surface area contributed by atoms with Crippen LogP contribution in [0, 0.1) is 0 Å². The summed E-state index contributed by atoms with van der Waals surface area (Å²) in [6.07, 6.45) is 2.42. The molecule has 1 aromatic carbocycles. The van der Waals surface area contributed by atoms with Crippen molar-refractivity contribution in [3.63, 3.8) is 0 Å². The van der Waals surface area contributed by atoms with E-state index in [-0.39, 0.29) is 24.4 Å². The van der Waals surface area contributed by atoms with Gasteiger partial charge in [-0.2, -0.15) is 0 Å². The number of nitrogens with one attached hydrogen (secondary N) is 1. The lowest BCUT2D eigenvalue weighted by molar-refractivity contribution is -0.132. The Labute approximate surface area is 115 Å². The lowest BCUT2D eigenvalue weighted by atomic mass is 10.2. The number of rotatable bonds is 5. The first-order chi connectivity index (χ1) is 8.16. The molecule has 1 aliphatic rings. The first kappa shape index (κ1) is 15.0. The van der Waals surface area contributed by atoms with Gasteiger partial charge in [-0.05, 0) is 25.3 Å². The highest BCUT2D eigenvalue weighted by Gasteiger charge is 2.26. The van der Waals surface area contributed by atoms with E-state index in [2.05, 4.69) is 5.32 Å². The molecule has 1 amide bonds. The molecule has 2 rings (SSSR count). The Morgan fingerprint density at radius 3 is 2.56 bits per heavy atom. The third kappa shape index (κ3) is 4.31. The number of carbonyl (C=O) groups excluding carboxylic acids is 1. The van der Waals surface area contributed by atoms with Crippen molar-refractivity contribution in [3.8, 4) is 0 Å². The molecule has 0 aromatic heterocycles. The fraction of sp³-hybridized carbons (Fsp3) is 0.500. The Morgan fingerprint density at radius 2 is 2.00 bits per heavy atom. The van der Waals surface area contributed by atoms with Crippen LogP contribution in [0.5, 0.6) is 0 Å². The van der Waals surface area contributed by atoms with Gasteiger partial charge < -0.3 is 10.2 Å². The number of benzene rings is 1. The Bertz CT molecular complexity index is 379. The van der Waals surface area contributed by atoms with Crippen molar-refractivity contribution >= 4 is 18.3 Å². The number of likely N-dealkylation sites (N-methyl/N-ethyl adjacent to an activating group) is 1. The number of amides is 1. The van der Waals surface area contributed by atoms with Crippen LogP contribution in [0.4, 0.5) is 0 Å². The standard InChI is InChI=1S/C14H20N2O.ClH/c1-11(15-13-8-9-13)14(17)16(2)10-12-6-4-3-5-7-12;/h3-7,11,13,15H,8-10H2,1-2H3;1H. The van der Waals surface area contributed by atoms with Gasteiger partial charge in [-0.15, -0.1) is 12.4 Å². The first-order valence-electron chi connectivity index (χ1n) is 6.22. The van der Waals surface area contributed by atoms with Gasteiger partial charge in [0, 0.05) is 19.6 Å². The molecule has 1 N–H and O–H groups in total. The van der Waals surface area contributed by atoms with Crippen LogP contribution >= 0.6 is 12.4 Å². The maximum Gasteiger partial charge on any atom is 0.239 e. The first-order valence-corrected chi connectivity index (χ1v) is 6.22. The van der Waals surface area contributed by atoms with Crippen molar-refractivity contribution < 1.29 is 4.79 Å². The average Bonchev–Trinajstić information content (AvgIpc) is 3.13. The molecule has 1 aromatic rings. The van der Waals surface area contributed by atoms with Crippen molar-refractivity contribution in [1.29, 1.82) is 0 Å². The zero-order chi connectivity index (χ0) is 12.3. The highest BCUT2D eigenvalue weighted by molar-refractivity contribution is 5.85. The molecule has 1 unspecified atom stereocenters. The van der Waals surface area contributed by atoms with Crippen LogP contribution in [0.15, 0.2) is 30.3 Å². The molecule has 0 aliphatic heterocycles. The monoisotopic (exact) mass is 268 g/mol. The average molecular weight is 269 g/mol. The van der Waals surface area contributed by atoms with Crippen LogP contribution in [-0.2, 0) is 11.3 Å². The molecule has 1 atom stereocenters. The summed E-state index contributed by atoms with van der Waals surface area (Å²) in [4.78, 5) is 13.9. The fourth-order valence-electron chi connectivity index (χ4n) is 1.94. The molecule has 0 saturated heterocycles. The molecule has 1 aliphatic carbocycles. The maximum absolute atomic E-state index is 12.1. The summed E-state index contributed by atoms with van der Waals surface area (Å²) in [5.41, 5.74) is 1.17. The van der Waals surface area contributed by atoms with Gasteiger partial charge in [0.05, 0.1) is 6.04 Å². The van der Waals surface area contributed by atoms with E-state index in [4.69, 9.17) is 0 Å². The zero-order valence-corrected chi connectivity index (χ0v) is 11.7. The topological polar surface area (TPSA) is 32.3 Å². The van der Waals surface area contributed by atoms with Crippen LogP contribution < -0.4 is 5.32 Å². The van der Waals surface area contributed by atoms with Gasteiger partial charge in [0.15, 0.2) is 0 Å². The second-order valence-electron chi connectivity index (χ2n) is 4.84. The summed E-state index contributed by atoms with van der Waals surface area (Å²) in [6.45, 7) is 2.62. The van der Waals surface area contributed by atoms with Gasteiger partial charge in [-0.25, -0.2) is 0 Å². The molecule has 18 heavy (non-hydrogen) atoms. The highest BCUT2D eigenvalue weighted by Crippen LogP contribution is 2.19. The Balaban J connectivity index is 0.00000162. The molecule has 0 radical (unpaired) electrons. The van der Waals surface area contributed by atoms with Gasteiger partial charge in [0.2, 0.25) is 5.91 Å². The minimum atomic E-state index is -0.0730. The van der Waals surface area contributed by atoms with E-state index < -0.39 is 0 Å². The SMILES string of the molecule is CC(NC1CC1)C(=O)N(C)Cc1ccccc1.Cl. The quantitative estimate of drug-likeness (QED) is 0.888. The minimum Gasteiger partial charge on any atom is -0.340 e. The van der Waals surface area contributed by atoms with E-state index in [0.29, 0.717) is 12.6 Å². The van der Waals surface area contributed by atoms with Gasteiger partial charge >= 0.3 is 0 Å². The zero-order valence-electron chi connectivity index (χ0n) is 10.9. The summed E-state index contributed by atoms with van der Waals surface area (Å²) in [6, 6.07) is 10.6. The van der Waals surface area contributed by atoms with Crippen LogP contribution in [0.25, 0.3) is 0 Å². The summed E-state index contributed by atoms with van der Waals surface area (Å²) in [7, 11) is 1.86. The Morgan fingerprint density at radius 1 is 1.39 bits per heavy atom. The molecule has 1 fully saturated rings. The maximum atomic E-state index is 12.1. The predicted molar refractivity (Wildman–Crippen MR) is 75.8 cm³/mol. The van der Waals surface area contributed by atoms with Crippen molar-refractivity contribution in [3.05, 3.63) is 35.9 Å². The number of halogens is 1. The van der Waals surface area contributed by atoms with Gasteiger partial charge in [0.25, 0.3) is 0 Å². The minimum absolute atomic E-state index is 0. The summed E-state index contributed by atoms with van der Waals surface area (Å²) in [5, 5.41) is 3.33. The number of carbonyl (C=O) groups is 1. The smallest absolute Gasteiger partial charge is 0.239 e. The van der Waals surface area contributed by atoms with E-state index in [1.54, 1.807) is 4.90 Å². The molecule has 4 heteroatoms. The molecule has 0 heterocycles. The second-order valence-corrected chi connectivity index (χ2v) is 4.84. The largest absolute Gasteiger partial charge is 0.340 e. The molecule has 100 valence electrons. The molecule has 1 saturated carbocycles. The summed E-state index contributed by atoms with van der Waals surface area (Å²) >= 11 is 0. The van der Waals surface area contributed by atoms with Crippen LogP contribution in [0.3, 0.4) is 0 Å². The number of nitrogens with zero attached hydrogens (tertiary/aromatic N) is 1. The molecule has 3 nitrogen and oxygen atoms in total. The van der Waals surface area contributed by atoms with E-state index in [1.165, 1.54) is 18.4 Å². The summed E-state index contributed by atoms with van der Waals surface area (Å²) < 4.78 is 0. The van der Waals surface area contributed by atoms with Crippen molar-refractivity contribution in [2.24, 2.45) is 0 Å². The number of hydrogen-bond donors (Lipinski definition) is 1. The molecular formula is C14H21ClN2O. The normalized spacial score (nSPS) is 15.7. The van der Waals surface area contributed by atoms with Crippen molar-refractivity contribution in [2.45, 2.75) is 38.4 Å². The lowest BCUT2D eigenvalue weighted by Crippen LogP contribution is -2.43. The highest BCUT2D eigenvalue weighted by atomic mass is 35.5. The third-order valence-electron chi connectivity index (χ3n) is 3.07. The van der Waals surface area contributed by atoms with Gasteiger partial charge in [0.1, 0.15) is 0 Å². The third-order valence-corrected chi connectivity index (χ3v) is 3.07. The molecule has 0 spiro atoms.